The molecule has 1 aliphatic rings. The Bertz CT molecular complexity index is 803. The van der Waals surface area contributed by atoms with Gasteiger partial charge in [0.25, 0.3) is 0 Å². The molecule has 28 heavy (non-hydrogen) atoms. The summed E-state index contributed by atoms with van der Waals surface area (Å²) >= 11 is 0. The zero-order valence-electron chi connectivity index (χ0n) is 16.2. The summed E-state index contributed by atoms with van der Waals surface area (Å²) in [5.74, 6) is -7.31. The van der Waals surface area contributed by atoms with Crippen molar-refractivity contribution in [2.45, 2.75) is 64.7 Å². The number of halogens is 3. The monoisotopic (exact) mass is 401 g/mol. The van der Waals surface area contributed by atoms with E-state index in [1.165, 1.54) is 0 Å². The lowest BCUT2D eigenvalue weighted by Gasteiger charge is -2.26. The van der Waals surface area contributed by atoms with E-state index in [1.54, 1.807) is 34.6 Å². The Morgan fingerprint density at radius 2 is 1.79 bits per heavy atom. The van der Waals surface area contributed by atoms with Crippen molar-refractivity contribution in [3.05, 3.63) is 35.1 Å². The van der Waals surface area contributed by atoms with Gasteiger partial charge >= 0.3 is 12.1 Å². The standard InChI is InChI=1S/C19H22F3NO5/c1-9(2)27-17(25)14-8-12(11-6-10(20)7-13(21)15(11)22)16(24)23(14)18(26)28-19(3,4)5/h6-7,9,12,14H,8H2,1-5H3. The number of rotatable bonds is 3. The second kappa shape index (κ2) is 7.81. The maximum atomic E-state index is 14.2. The first-order valence-electron chi connectivity index (χ1n) is 8.72. The second-order valence-corrected chi connectivity index (χ2v) is 7.77. The van der Waals surface area contributed by atoms with Crippen LogP contribution >= 0.6 is 0 Å². The van der Waals surface area contributed by atoms with Crippen LogP contribution in [0.15, 0.2) is 12.1 Å². The van der Waals surface area contributed by atoms with E-state index in [2.05, 4.69) is 0 Å². The molecule has 0 radical (unpaired) electrons. The first kappa shape index (κ1) is 21.7. The molecule has 1 saturated heterocycles. The molecular weight excluding hydrogens is 379 g/mol. The maximum absolute atomic E-state index is 14.2. The third-order valence-corrected chi connectivity index (χ3v) is 3.92. The van der Waals surface area contributed by atoms with Crippen molar-refractivity contribution >= 4 is 18.0 Å². The van der Waals surface area contributed by atoms with Gasteiger partial charge in [0, 0.05) is 11.6 Å². The van der Waals surface area contributed by atoms with E-state index in [9.17, 15) is 27.6 Å². The van der Waals surface area contributed by atoms with Crippen LogP contribution < -0.4 is 0 Å². The van der Waals surface area contributed by atoms with Crippen molar-refractivity contribution in [1.29, 1.82) is 0 Å². The molecule has 1 heterocycles. The summed E-state index contributed by atoms with van der Waals surface area (Å²) in [6.45, 7) is 7.83. The molecule has 1 aromatic rings. The van der Waals surface area contributed by atoms with Crippen molar-refractivity contribution < 1.29 is 37.0 Å². The van der Waals surface area contributed by atoms with Crippen LogP contribution in [-0.4, -0.2) is 40.6 Å². The van der Waals surface area contributed by atoms with Gasteiger partial charge in [0.1, 0.15) is 17.5 Å². The highest BCUT2D eigenvalue weighted by atomic mass is 19.2. The number of hydrogen-bond acceptors (Lipinski definition) is 5. The topological polar surface area (TPSA) is 72.9 Å². The Hall–Kier alpha value is -2.58. The van der Waals surface area contributed by atoms with Gasteiger partial charge < -0.3 is 9.47 Å². The van der Waals surface area contributed by atoms with Crippen LogP contribution in [0, 0.1) is 17.5 Å². The summed E-state index contributed by atoms with van der Waals surface area (Å²) < 4.78 is 51.6. The van der Waals surface area contributed by atoms with Gasteiger partial charge in [0.2, 0.25) is 5.91 Å². The Labute approximate surface area is 160 Å². The molecule has 0 aliphatic carbocycles. The summed E-state index contributed by atoms with van der Waals surface area (Å²) in [5, 5.41) is 0. The Balaban J connectivity index is 2.45. The fraction of sp³-hybridized carbons (Fsp3) is 0.526. The lowest BCUT2D eigenvalue weighted by atomic mass is 9.95. The fourth-order valence-electron chi connectivity index (χ4n) is 2.88. The van der Waals surface area contributed by atoms with Crippen LogP contribution in [0.3, 0.4) is 0 Å². The minimum absolute atomic E-state index is 0.342. The number of amides is 2. The van der Waals surface area contributed by atoms with E-state index in [-0.39, 0.29) is 6.42 Å². The maximum Gasteiger partial charge on any atom is 0.417 e. The molecule has 2 atom stereocenters. The third-order valence-electron chi connectivity index (χ3n) is 3.92. The number of carbonyl (C=O) groups is 3. The highest BCUT2D eigenvalue weighted by Gasteiger charge is 2.50. The average Bonchev–Trinajstić information content (AvgIpc) is 2.86. The molecule has 9 heteroatoms. The Morgan fingerprint density at radius 3 is 2.32 bits per heavy atom. The SMILES string of the molecule is CC(C)OC(=O)C1CC(c2cc(F)cc(F)c2F)C(=O)N1C(=O)OC(C)(C)C. The normalized spacial score (nSPS) is 19.9. The Kier molecular flexibility index (Phi) is 6.06. The van der Waals surface area contributed by atoms with Gasteiger partial charge in [0.05, 0.1) is 12.0 Å². The molecule has 2 amide bonds. The predicted octanol–water partition coefficient (Wildman–Crippen LogP) is 3.68. The molecule has 1 aromatic carbocycles. The summed E-state index contributed by atoms with van der Waals surface area (Å²) in [7, 11) is 0. The van der Waals surface area contributed by atoms with Gasteiger partial charge in [-0.1, -0.05) is 0 Å². The zero-order chi connectivity index (χ0) is 21.4. The van der Waals surface area contributed by atoms with Gasteiger partial charge in [-0.25, -0.2) is 27.7 Å². The highest BCUT2D eigenvalue weighted by Crippen LogP contribution is 2.37. The predicted molar refractivity (Wildman–Crippen MR) is 91.8 cm³/mol. The van der Waals surface area contributed by atoms with E-state index in [0.29, 0.717) is 17.0 Å². The van der Waals surface area contributed by atoms with E-state index in [4.69, 9.17) is 9.47 Å². The minimum atomic E-state index is -1.47. The first-order chi connectivity index (χ1) is 12.8. The number of benzene rings is 1. The lowest BCUT2D eigenvalue weighted by molar-refractivity contribution is -0.154. The van der Waals surface area contributed by atoms with Crippen molar-refractivity contribution in [3.8, 4) is 0 Å². The van der Waals surface area contributed by atoms with E-state index >= 15 is 0 Å². The number of carbonyl (C=O) groups excluding carboxylic acids is 3. The first-order valence-corrected chi connectivity index (χ1v) is 8.72. The smallest absolute Gasteiger partial charge is 0.417 e. The van der Waals surface area contributed by atoms with Crippen LogP contribution in [0.2, 0.25) is 0 Å². The summed E-state index contributed by atoms with van der Waals surface area (Å²) in [6, 6.07) is -0.390. The molecule has 1 aliphatic heterocycles. The second-order valence-electron chi connectivity index (χ2n) is 7.77. The average molecular weight is 401 g/mol. The Morgan fingerprint density at radius 1 is 1.18 bits per heavy atom. The highest BCUT2D eigenvalue weighted by molar-refractivity contribution is 6.03. The zero-order valence-corrected chi connectivity index (χ0v) is 16.2. The molecule has 1 fully saturated rings. The number of esters is 1. The molecule has 2 unspecified atom stereocenters. The largest absolute Gasteiger partial charge is 0.461 e. The number of likely N-dealkylation sites (tertiary alicyclic amines) is 1. The van der Waals surface area contributed by atoms with Crippen LogP contribution in [0.4, 0.5) is 18.0 Å². The molecule has 0 spiro atoms. The summed E-state index contributed by atoms with van der Waals surface area (Å²) in [5.41, 5.74) is -1.55. The molecule has 2 rings (SSSR count). The summed E-state index contributed by atoms with van der Waals surface area (Å²) in [4.78, 5) is 38.3. The number of imide groups is 1. The van der Waals surface area contributed by atoms with Crippen LogP contribution in [0.5, 0.6) is 0 Å². The molecule has 0 aromatic heterocycles. The number of ether oxygens (including phenoxy) is 2. The van der Waals surface area contributed by atoms with E-state index in [1.807, 2.05) is 0 Å². The van der Waals surface area contributed by atoms with Crippen molar-refractivity contribution in [3.63, 3.8) is 0 Å². The molecule has 6 nitrogen and oxygen atoms in total. The van der Waals surface area contributed by atoms with Gasteiger partial charge in [-0.15, -0.1) is 0 Å². The van der Waals surface area contributed by atoms with Gasteiger partial charge in [-0.2, -0.15) is 0 Å². The lowest BCUT2D eigenvalue weighted by Crippen LogP contribution is -2.46. The molecule has 154 valence electrons. The number of hydrogen-bond donors (Lipinski definition) is 0. The van der Waals surface area contributed by atoms with Crippen LogP contribution in [0.25, 0.3) is 0 Å². The van der Waals surface area contributed by atoms with Gasteiger partial charge in [-0.3, -0.25) is 4.79 Å². The van der Waals surface area contributed by atoms with Crippen molar-refractivity contribution in [1.82, 2.24) is 4.90 Å². The van der Waals surface area contributed by atoms with Crippen molar-refractivity contribution in [2.24, 2.45) is 0 Å². The van der Waals surface area contributed by atoms with E-state index < -0.39 is 64.6 Å². The molecule has 0 bridgehead atoms. The quantitative estimate of drug-likeness (QED) is 0.571. The molecule has 0 N–H and O–H groups in total. The summed E-state index contributed by atoms with van der Waals surface area (Å²) in [6.07, 6.45) is -2.04. The van der Waals surface area contributed by atoms with Crippen molar-refractivity contribution in [2.75, 3.05) is 0 Å². The fourth-order valence-corrected chi connectivity index (χ4v) is 2.88. The molecular formula is C19H22F3NO5. The number of nitrogens with zero attached hydrogens (tertiary/aromatic N) is 1. The van der Waals surface area contributed by atoms with Gasteiger partial charge in [-0.05, 0) is 47.1 Å². The minimum Gasteiger partial charge on any atom is -0.461 e. The van der Waals surface area contributed by atoms with Crippen LogP contribution in [0.1, 0.15) is 52.5 Å². The third kappa shape index (κ3) is 4.63. The van der Waals surface area contributed by atoms with E-state index in [0.717, 1.165) is 0 Å². The molecule has 0 saturated carbocycles. The van der Waals surface area contributed by atoms with Gasteiger partial charge in [0.15, 0.2) is 11.6 Å². The van der Waals surface area contributed by atoms with Crippen LogP contribution in [-0.2, 0) is 19.1 Å².